The van der Waals surface area contributed by atoms with Crippen molar-refractivity contribution in [2.45, 2.75) is 78.7 Å². The monoisotopic (exact) mass is 437 g/mol. The molecule has 0 heterocycles. The van der Waals surface area contributed by atoms with Crippen molar-refractivity contribution in [3.05, 3.63) is 11.3 Å². The van der Waals surface area contributed by atoms with E-state index >= 15 is 0 Å². The van der Waals surface area contributed by atoms with Crippen LogP contribution in [0.15, 0.2) is 11.3 Å². The number of allylic oxidation sites excluding steroid dienone is 1. The first kappa shape index (κ1) is 25.8. The molecule has 0 aliphatic rings. The highest BCUT2D eigenvalue weighted by molar-refractivity contribution is 6.92. The van der Waals surface area contributed by atoms with Crippen molar-refractivity contribution in [2.75, 3.05) is 6.54 Å². The number of carboxylic acid groups (broad SMARTS) is 1. The predicted molar refractivity (Wildman–Crippen MR) is 118 cm³/mol. The molecule has 2 N–H and O–H groups in total. The van der Waals surface area contributed by atoms with Gasteiger partial charge in [0.15, 0.2) is 25.0 Å². The maximum Gasteiger partial charge on any atom is 0.501 e. The summed E-state index contributed by atoms with van der Waals surface area (Å²) in [7, 11) is -9.01. The molecule has 0 spiro atoms. The number of carbonyl (C=O) groups is 1. The van der Waals surface area contributed by atoms with Crippen molar-refractivity contribution >= 4 is 39.8 Å². The fraction of sp³-hybridized carbons (Fsp3) is 0.812. The molecule has 0 rings (SSSR count). The first-order valence-electron chi connectivity index (χ1n) is 9.26. The van der Waals surface area contributed by atoms with Crippen LogP contribution >= 0.6 is 0 Å². The molecule has 0 unspecified atom stereocenters. The first-order chi connectivity index (χ1) is 11.5. The molecule has 0 bridgehead atoms. The first-order valence-corrected chi connectivity index (χ1v) is 21.2. The van der Waals surface area contributed by atoms with Crippen LogP contribution in [0.4, 0.5) is 4.79 Å². The van der Waals surface area contributed by atoms with Gasteiger partial charge < -0.3 is 22.8 Å². The summed E-state index contributed by atoms with van der Waals surface area (Å²) in [6, 6.07) is 0. The van der Waals surface area contributed by atoms with E-state index in [1.54, 1.807) is 0 Å². The highest BCUT2D eigenvalue weighted by atomic mass is 28.5. The molecule has 0 aromatic rings. The summed E-state index contributed by atoms with van der Waals surface area (Å²) in [5, 5.41) is 12.4. The van der Waals surface area contributed by atoms with Crippen LogP contribution in [0.5, 0.6) is 0 Å². The van der Waals surface area contributed by atoms with Crippen molar-refractivity contribution in [3.8, 4) is 0 Å². The van der Waals surface area contributed by atoms with Gasteiger partial charge in [-0.05, 0) is 70.5 Å². The molecule has 0 atom stereocenters. The molecule has 0 radical (unpaired) electrons. The van der Waals surface area contributed by atoms with Crippen molar-refractivity contribution in [1.82, 2.24) is 5.32 Å². The molecule has 6 nitrogen and oxygen atoms in total. The standard InChI is InChI=1S/C16H39NO5Si4/c1-11-12-15(13-14-17-16(18)19)26(20-23(2,3)4,21-24(5,6)7)22-25(8,9)10/h13,17H,11-12,14H2,1-10H3,(H,18,19). The van der Waals surface area contributed by atoms with E-state index in [1.807, 2.05) is 6.08 Å². The topological polar surface area (TPSA) is 77.0 Å². The van der Waals surface area contributed by atoms with Gasteiger partial charge in [-0.25, -0.2) is 4.79 Å². The number of nitrogens with one attached hydrogen (secondary N) is 1. The van der Waals surface area contributed by atoms with E-state index < -0.39 is 39.8 Å². The minimum atomic E-state index is -3.11. The van der Waals surface area contributed by atoms with Gasteiger partial charge in [0.05, 0.1) is 0 Å². The van der Waals surface area contributed by atoms with Crippen LogP contribution in [-0.2, 0) is 12.3 Å². The van der Waals surface area contributed by atoms with Gasteiger partial charge in [0, 0.05) is 6.54 Å². The molecular weight excluding hydrogens is 399 g/mol. The number of hydrogen-bond donors (Lipinski definition) is 2. The molecule has 0 aromatic carbocycles. The van der Waals surface area contributed by atoms with Crippen LogP contribution in [0.1, 0.15) is 19.8 Å². The maximum absolute atomic E-state index is 10.9. The van der Waals surface area contributed by atoms with Gasteiger partial charge in [0.2, 0.25) is 0 Å². The lowest BCUT2D eigenvalue weighted by Gasteiger charge is -2.44. The summed E-state index contributed by atoms with van der Waals surface area (Å²) in [6.45, 7) is 21.7. The smallest absolute Gasteiger partial charge is 0.465 e. The predicted octanol–water partition coefficient (Wildman–Crippen LogP) is 5.01. The van der Waals surface area contributed by atoms with E-state index in [0.29, 0.717) is 0 Å². The van der Waals surface area contributed by atoms with Crippen LogP contribution in [0.2, 0.25) is 58.9 Å². The summed E-state index contributed by atoms with van der Waals surface area (Å²) in [6.07, 6.45) is 2.59. The van der Waals surface area contributed by atoms with Gasteiger partial charge >= 0.3 is 14.9 Å². The second kappa shape index (κ2) is 9.80. The van der Waals surface area contributed by atoms with Crippen LogP contribution in [0, 0.1) is 0 Å². The molecule has 0 saturated heterocycles. The van der Waals surface area contributed by atoms with E-state index in [1.165, 1.54) is 0 Å². The lowest BCUT2D eigenvalue weighted by Crippen LogP contribution is -2.62. The Morgan fingerprint density at radius 1 is 0.885 bits per heavy atom. The minimum absolute atomic E-state index is 0.235. The van der Waals surface area contributed by atoms with Crippen LogP contribution in [0.3, 0.4) is 0 Å². The van der Waals surface area contributed by atoms with Crippen molar-refractivity contribution in [2.24, 2.45) is 0 Å². The molecule has 10 heteroatoms. The number of hydrogen-bond acceptors (Lipinski definition) is 4. The van der Waals surface area contributed by atoms with Crippen molar-refractivity contribution in [3.63, 3.8) is 0 Å². The van der Waals surface area contributed by atoms with E-state index in [9.17, 15) is 4.79 Å². The molecule has 154 valence electrons. The molecule has 0 saturated carbocycles. The van der Waals surface area contributed by atoms with Gasteiger partial charge in [-0.2, -0.15) is 0 Å². The number of amides is 1. The highest BCUT2D eigenvalue weighted by Gasteiger charge is 2.52. The maximum atomic E-state index is 10.9. The molecule has 0 aliphatic heterocycles. The zero-order valence-corrected chi connectivity index (χ0v) is 22.3. The Labute approximate surface area is 164 Å². The number of rotatable bonds is 11. The molecule has 0 aliphatic carbocycles. The fourth-order valence-corrected chi connectivity index (χ4v) is 16.2. The average Bonchev–Trinajstić information content (AvgIpc) is 2.30. The Morgan fingerprint density at radius 3 is 1.54 bits per heavy atom. The third-order valence-corrected chi connectivity index (χ3v) is 14.6. The Balaban J connectivity index is 6.23. The zero-order chi connectivity index (χ0) is 20.8. The molecule has 0 aromatic heterocycles. The van der Waals surface area contributed by atoms with Gasteiger partial charge in [-0.15, -0.1) is 0 Å². The Bertz CT molecular complexity index is 452. The lowest BCUT2D eigenvalue weighted by atomic mass is 10.3. The summed E-state index contributed by atoms with van der Waals surface area (Å²) in [5.74, 6) is 0. The van der Waals surface area contributed by atoms with Gasteiger partial charge in [-0.3, -0.25) is 0 Å². The quantitative estimate of drug-likeness (QED) is 0.444. The van der Waals surface area contributed by atoms with Gasteiger partial charge in [0.25, 0.3) is 0 Å². The van der Waals surface area contributed by atoms with Crippen LogP contribution in [0.25, 0.3) is 0 Å². The van der Waals surface area contributed by atoms with Crippen LogP contribution < -0.4 is 5.32 Å². The summed E-state index contributed by atoms with van der Waals surface area (Å²) in [4.78, 5) is 10.9. The molecule has 0 fully saturated rings. The normalized spacial score (nSPS) is 14.5. The van der Waals surface area contributed by atoms with E-state index in [2.05, 4.69) is 71.2 Å². The summed E-state index contributed by atoms with van der Waals surface area (Å²) >= 11 is 0. The second-order valence-electron chi connectivity index (χ2n) is 9.36. The average molecular weight is 438 g/mol. The summed E-state index contributed by atoms with van der Waals surface area (Å²) in [5.41, 5.74) is 0. The van der Waals surface area contributed by atoms with Gasteiger partial charge in [0.1, 0.15) is 0 Å². The largest absolute Gasteiger partial charge is 0.501 e. The third kappa shape index (κ3) is 11.5. The van der Waals surface area contributed by atoms with E-state index in [0.717, 1.165) is 18.0 Å². The fourth-order valence-electron chi connectivity index (χ4n) is 2.38. The van der Waals surface area contributed by atoms with Gasteiger partial charge in [-0.1, -0.05) is 19.4 Å². The molecule has 1 amide bonds. The van der Waals surface area contributed by atoms with Crippen LogP contribution in [-0.4, -0.2) is 51.5 Å². The lowest BCUT2D eigenvalue weighted by molar-refractivity contribution is 0.195. The van der Waals surface area contributed by atoms with E-state index in [4.69, 9.17) is 17.5 Å². The Hall–Kier alpha value is -0.242. The third-order valence-electron chi connectivity index (χ3n) is 2.84. The second-order valence-corrected chi connectivity index (χ2v) is 26.2. The Morgan fingerprint density at radius 2 is 1.27 bits per heavy atom. The molecular formula is C16H39NO5Si4. The minimum Gasteiger partial charge on any atom is -0.465 e. The highest BCUT2D eigenvalue weighted by Crippen LogP contribution is 2.33. The van der Waals surface area contributed by atoms with E-state index in [-0.39, 0.29) is 6.54 Å². The summed E-state index contributed by atoms with van der Waals surface area (Å²) < 4.78 is 20.1. The van der Waals surface area contributed by atoms with Crippen molar-refractivity contribution in [1.29, 1.82) is 0 Å². The SMILES string of the molecule is CCCC(=CCNC(=O)O)[Si](O[Si](C)(C)C)(O[Si](C)(C)C)O[Si](C)(C)C. The Kier molecular flexibility index (Phi) is 9.71. The zero-order valence-electron chi connectivity index (χ0n) is 18.3. The molecule has 26 heavy (non-hydrogen) atoms. The van der Waals surface area contributed by atoms with Crippen molar-refractivity contribution < 1.29 is 22.2 Å².